The lowest BCUT2D eigenvalue weighted by Crippen LogP contribution is -2.65. The van der Waals surface area contributed by atoms with Crippen molar-refractivity contribution in [3.05, 3.63) is 29.8 Å². The van der Waals surface area contributed by atoms with Gasteiger partial charge in [0.15, 0.2) is 5.96 Å². The largest absolute Gasteiger partial charge is 0.378 e. The maximum absolute atomic E-state index is 11.2. The van der Waals surface area contributed by atoms with E-state index in [2.05, 4.69) is 41.7 Å². The zero-order valence-electron chi connectivity index (χ0n) is 17.7. The number of guanidine groups is 1. The molecule has 0 radical (unpaired) electrons. The van der Waals surface area contributed by atoms with E-state index in [1.54, 1.807) is 7.05 Å². The first-order valence-electron chi connectivity index (χ1n) is 9.94. The Balaban J connectivity index is 0.00000392. The number of carbonyl (C=O) groups excluding carboxylic acids is 1. The van der Waals surface area contributed by atoms with Gasteiger partial charge in [-0.05, 0) is 43.9 Å². The third-order valence-electron chi connectivity index (χ3n) is 5.71. The van der Waals surface area contributed by atoms with Crippen LogP contribution < -0.4 is 16.0 Å². The highest BCUT2D eigenvalue weighted by molar-refractivity contribution is 14.0. The summed E-state index contributed by atoms with van der Waals surface area (Å²) in [4.78, 5) is 15.6. The predicted octanol–water partition coefficient (Wildman–Crippen LogP) is 3.91. The van der Waals surface area contributed by atoms with Crippen LogP contribution in [-0.4, -0.2) is 37.7 Å². The number of carbonyl (C=O) groups is 1. The van der Waals surface area contributed by atoms with Crippen molar-refractivity contribution in [3.63, 3.8) is 0 Å². The lowest BCUT2D eigenvalue weighted by Gasteiger charge is -2.55. The van der Waals surface area contributed by atoms with Gasteiger partial charge in [-0.15, -0.1) is 24.0 Å². The summed E-state index contributed by atoms with van der Waals surface area (Å²) in [6.07, 6.45) is 3.50. The van der Waals surface area contributed by atoms with Crippen LogP contribution in [0.4, 0.5) is 5.69 Å². The van der Waals surface area contributed by atoms with Crippen molar-refractivity contribution in [2.75, 3.05) is 19.0 Å². The number of rotatable bonds is 8. The number of anilines is 1. The third-order valence-corrected chi connectivity index (χ3v) is 5.71. The van der Waals surface area contributed by atoms with E-state index >= 15 is 0 Å². The molecule has 6 nitrogen and oxygen atoms in total. The van der Waals surface area contributed by atoms with Crippen LogP contribution >= 0.6 is 24.0 Å². The maximum Gasteiger partial charge on any atom is 0.221 e. The molecule has 2 unspecified atom stereocenters. The van der Waals surface area contributed by atoms with Crippen molar-refractivity contribution in [3.8, 4) is 0 Å². The molecule has 1 saturated carbocycles. The summed E-state index contributed by atoms with van der Waals surface area (Å²) in [6.45, 7) is 9.46. The molecule has 0 heterocycles. The molecular formula is C21H35IN4O2. The van der Waals surface area contributed by atoms with Gasteiger partial charge >= 0.3 is 0 Å². The second-order valence-corrected chi connectivity index (χ2v) is 7.12. The number of nitrogens with zero attached hydrogens (tertiary/aromatic N) is 1. The number of hydrogen-bond donors (Lipinski definition) is 3. The minimum Gasteiger partial charge on any atom is -0.378 e. The molecule has 158 valence electrons. The first-order chi connectivity index (χ1) is 13.0. The Morgan fingerprint density at radius 3 is 2.57 bits per heavy atom. The average molecular weight is 502 g/mol. The van der Waals surface area contributed by atoms with E-state index in [0.717, 1.165) is 43.1 Å². The Kier molecular flexibility index (Phi) is 10.2. The Hall–Kier alpha value is -1.35. The molecule has 7 heteroatoms. The number of hydrogen-bond acceptors (Lipinski definition) is 3. The van der Waals surface area contributed by atoms with Crippen LogP contribution in [0.2, 0.25) is 0 Å². The van der Waals surface area contributed by atoms with Crippen LogP contribution in [-0.2, 0) is 16.1 Å². The van der Waals surface area contributed by atoms with Crippen LogP contribution in [0.25, 0.3) is 0 Å². The number of aliphatic imine (C=N–C) groups is 1. The first kappa shape index (κ1) is 24.7. The van der Waals surface area contributed by atoms with Gasteiger partial charge in [-0.1, -0.05) is 26.0 Å². The van der Waals surface area contributed by atoms with Crippen molar-refractivity contribution in [1.82, 2.24) is 10.6 Å². The second kappa shape index (κ2) is 11.6. The lowest BCUT2D eigenvalue weighted by atomic mass is 9.58. The fourth-order valence-electron chi connectivity index (χ4n) is 4.09. The zero-order chi connectivity index (χ0) is 19.9. The van der Waals surface area contributed by atoms with E-state index in [1.165, 1.54) is 6.92 Å². The minimum atomic E-state index is -0.0677. The molecule has 0 aromatic heterocycles. The topological polar surface area (TPSA) is 74.8 Å². The lowest BCUT2D eigenvalue weighted by molar-refractivity contribution is -0.133. The third kappa shape index (κ3) is 5.83. The smallest absolute Gasteiger partial charge is 0.221 e. The molecule has 1 aliphatic carbocycles. The monoisotopic (exact) mass is 502 g/mol. The van der Waals surface area contributed by atoms with E-state index in [4.69, 9.17) is 4.74 Å². The second-order valence-electron chi connectivity index (χ2n) is 7.12. The Bertz CT molecular complexity index is 662. The van der Waals surface area contributed by atoms with Gasteiger partial charge in [0.05, 0.1) is 6.10 Å². The number of nitrogens with one attached hydrogen (secondary N) is 3. The summed E-state index contributed by atoms with van der Waals surface area (Å²) >= 11 is 0. The zero-order valence-corrected chi connectivity index (χ0v) is 20.0. The number of amides is 1. The summed E-state index contributed by atoms with van der Waals surface area (Å²) < 4.78 is 5.96. The molecule has 1 aromatic rings. The standard InChI is InChI=1S/C21H34N4O2.HI/c1-6-21(7-2)18(13-19(21)27-8-3)25-20(22-5)23-14-16-10-9-11-17(12-16)24-15(4)26;/h9-12,18-19H,6-8,13-14H2,1-5H3,(H,24,26)(H2,22,23,25);1H. The van der Waals surface area contributed by atoms with Crippen LogP contribution in [0.1, 0.15) is 52.5 Å². The van der Waals surface area contributed by atoms with E-state index < -0.39 is 0 Å². The van der Waals surface area contributed by atoms with Crippen molar-refractivity contribution in [2.45, 2.75) is 65.6 Å². The highest BCUT2D eigenvalue weighted by Gasteiger charge is 2.53. The fourth-order valence-corrected chi connectivity index (χ4v) is 4.09. The van der Waals surface area contributed by atoms with Crippen molar-refractivity contribution >= 4 is 41.5 Å². The Labute approximate surface area is 186 Å². The normalized spacial score (nSPS) is 20.5. The van der Waals surface area contributed by atoms with E-state index in [-0.39, 0.29) is 35.3 Å². The predicted molar refractivity (Wildman–Crippen MR) is 126 cm³/mol. The molecule has 1 aliphatic rings. The molecule has 0 aliphatic heterocycles. The van der Waals surface area contributed by atoms with Gasteiger partial charge in [-0.25, -0.2) is 0 Å². The van der Waals surface area contributed by atoms with Crippen LogP contribution in [0, 0.1) is 5.41 Å². The molecule has 1 amide bonds. The molecule has 2 atom stereocenters. The van der Waals surface area contributed by atoms with Crippen LogP contribution in [0.3, 0.4) is 0 Å². The highest BCUT2D eigenvalue weighted by Crippen LogP contribution is 2.48. The molecule has 3 N–H and O–H groups in total. The van der Waals surface area contributed by atoms with Crippen LogP contribution in [0.5, 0.6) is 0 Å². The molecule has 1 fully saturated rings. The van der Waals surface area contributed by atoms with E-state index in [0.29, 0.717) is 18.7 Å². The Morgan fingerprint density at radius 2 is 2.00 bits per heavy atom. The highest BCUT2D eigenvalue weighted by atomic mass is 127. The number of benzene rings is 1. The fraction of sp³-hybridized carbons (Fsp3) is 0.619. The molecule has 0 saturated heterocycles. The molecule has 0 spiro atoms. The number of halogens is 1. The molecule has 1 aromatic carbocycles. The van der Waals surface area contributed by atoms with Gasteiger partial charge in [-0.2, -0.15) is 0 Å². The van der Waals surface area contributed by atoms with Gasteiger partial charge in [0.2, 0.25) is 5.91 Å². The summed E-state index contributed by atoms with van der Waals surface area (Å²) in [7, 11) is 1.79. The first-order valence-corrected chi connectivity index (χ1v) is 9.94. The summed E-state index contributed by atoms with van der Waals surface area (Å²) in [6, 6.07) is 8.19. The van der Waals surface area contributed by atoms with Gasteiger partial charge in [0, 0.05) is 44.3 Å². The maximum atomic E-state index is 11.2. The molecule has 0 bridgehead atoms. The molecular weight excluding hydrogens is 467 g/mol. The van der Waals surface area contributed by atoms with Crippen LogP contribution in [0.15, 0.2) is 29.3 Å². The SMILES string of the molecule is CCOC1CC(NC(=NC)NCc2cccc(NC(C)=O)c2)C1(CC)CC.I. The van der Waals surface area contributed by atoms with Gasteiger partial charge in [-0.3, -0.25) is 9.79 Å². The van der Waals surface area contributed by atoms with Gasteiger partial charge in [0.25, 0.3) is 0 Å². The minimum absolute atomic E-state index is 0. The molecule has 2 rings (SSSR count). The number of ether oxygens (including phenoxy) is 1. The quantitative estimate of drug-likeness (QED) is 0.286. The van der Waals surface area contributed by atoms with Gasteiger partial charge < -0.3 is 20.7 Å². The summed E-state index contributed by atoms with van der Waals surface area (Å²) in [5.74, 6) is 0.730. The Morgan fingerprint density at radius 1 is 1.29 bits per heavy atom. The summed E-state index contributed by atoms with van der Waals surface area (Å²) in [5.41, 5.74) is 2.06. The van der Waals surface area contributed by atoms with E-state index in [1.807, 2.05) is 24.3 Å². The van der Waals surface area contributed by atoms with E-state index in [9.17, 15) is 4.79 Å². The van der Waals surface area contributed by atoms with Gasteiger partial charge in [0.1, 0.15) is 0 Å². The summed E-state index contributed by atoms with van der Waals surface area (Å²) in [5, 5.41) is 9.79. The van der Waals surface area contributed by atoms with Crippen molar-refractivity contribution in [1.29, 1.82) is 0 Å². The molecule has 28 heavy (non-hydrogen) atoms. The van der Waals surface area contributed by atoms with Crippen molar-refractivity contribution < 1.29 is 9.53 Å². The van der Waals surface area contributed by atoms with Crippen molar-refractivity contribution in [2.24, 2.45) is 10.4 Å². The average Bonchev–Trinajstić information content (AvgIpc) is 2.64.